The predicted molar refractivity (Wildman–Crippen MR) is 236 cm³/mol. The summed E-state index contributed by atoms with van der Waals surface area (Å²) in [6.07, 6.45) is 0. The molecule has 10 aromatic carbocycles. The minimum Gasteiger partial charge on any atom is -0.0622 e. The summed E-state index contributed by atoms with van der Waals surface area (Å²) in [5.41, 5.74) is 15.4. The van der Waals surface area contributed by atoms with Crippen molar-refractivity contribution in [3.8, 4) is 55.6 Å². The summed E-state index contributed by atoms with van der Waals surface area (Å²) in [6.45, 7) is 4.75. The van der Waals surface area contributed by atoms with E-state index in [-0.39, 0.29) is 5.41 Å². The van der Waals surface area contributed by atoms with Crippen molar-refractivity contribution in [2.45, 2.75) is 19.3 Å². The highest BCUT2D eigenvalue weighted by Gasteiger charge is 2.36. The molecule has 0 unspecified atom stereocenters. The maximum atomic E-state index is 2.44. The molecular formula is C55H38. The van der Waals surface area contributed by atoms with E-state index >= 15 is 0 Å². The Hall–Kier alpha value is -6.76. The molecule has 11 rings (SSSR count). The molecular weight excluding hydrogens is 661 g/mol. The van der Waals surface area contributed by atoms with Crippen LogP contribution >= 0.6 is 0 Å². The van der Waals surface area contributed by atoms with Gasteiger partial charge < -0.3 is 0 Å². The first kappa shape index (κ1) is 31.7. The molecule has 10 aromatic rings. The SMILES string of the molecule is CC1(C)c2ccccc2-c2ccc3cc(-c4ccc(-c5c6ccccc6c(-c6ccccc6)c6c5ccc5ccccc56)cc4-c4ccccc4)ccc3c21. The van der Waals surface area contributed by atoms with Crippen molar-refractivity contribution >= 4 is 43.1 Å². The summed E-state index contributed by atoms with van der Waals surface area (Å²) in [7, 11) is 0. The van der Waals surface area contributed by atoms with E-state index in [1.54, 1.807) is 0 Å². The average molecular weight is 699 g/mol. The summed E-state index contributed by atoms with van der Waals surface area (Å²) in [5.74, 6) is 0. The van der Waals surface area contributed by atoms with Crippen molar-refractivity contribution in [2.24, 2.45) is 0 Å². The van der Waals surface area contributed by atoms with Crippen molar-refractivity contribution in [3.05, 3.63) is 205 Å². The van der Waals surface area contributed by atoms with Crippen LogP contribution in [0.3, 0.4) is 0 Å². The lowest BCUT2D eigenvalue weighted by Crippen LogP contribution is -2.15. The maximum absolute atomic E-state index is 2.44. The zero-order valence-corrected chi connectivity index (χ0v) is 31.0. The molecule has 0 N–H and O–H groups in total. The molecule has 0 aliphatic heterocycles. The van der Waals surface area contributed by atoms with Gasteiger partial charge in [-0.15, -0.1) is 0 Å². The molecule has 0 saturated heterocycles. The molecule has 55 heavy (non-hydrogen) atoms. The summed E-state index contributed by atoms with van der Waals surface area (Å²) in [5, 5.41) is 10.2. The van der Waals surface area contributed by atoms with Crippen molar-refractivity contribution in [1.29, 1.82) is 0 Å². The fourth-order valence-electron chi connectivity index (χ4n) is 9.76. The van der Waals surface area contributed by atoms with E-state index in [9.17, 15) is 0 Å². The van der Waals surface area contributed by atoms with Gasteiger partial charge in [0.15, 0.2) is 0 Å². The third kappa shape index (κ3) is 4.78. The quantitative estimate of drug-likeness (QED) is 0.127. The molecule has 1 aliphatic rings. The summed E-state index contributed by atoms with van der Waals surface area (Å²) in [4.78, 5) is 0. The van der Waals surface area contributed by atoms with Gasteiger partial charge in [0.05, 0.1) is 0 Å². The van der Waals surface area contributed by atoms with Gasteiger partial charge in [-0.25, -0.2) is 0 Å². The van der Waals surface area contributed by atoms with Crippen LogP contribution in [-0.2, 0) is 5.41 Å². The van der Waals surface area contributed by atoms with Gasteiger partial charge in [0, 0.05) is 5.41 Å². The van der Waals surface area contributed by atoms with E-state index in [0.717, 1.165) is 0 Å². The number of rotatable bonds is 4. The van der Waals surface area contributed by atoms with Crippen LogP contribution in [0, 0.1) is 0 Å². The first-order chi connectivity index (χ1) is 27.1. The molecule has 0 spiro atoms. The number of hydrogen-bond acceptors (Lipinski definition) is 0. The summed E-state index contributed by atoms with van der Waals surface area (Å²) >= 11 is 0. The third-order valence-corrected chi connectivity index (χ3v) is 12.2. The maximum Gasteiger partial charge on any atom is 0.0165 e. The van der Waals surface area contributed by atoms with Gasteiger partial charge >= 0.3 is 0 Å². The van der Waals surface area contributed by atoms with E-state index < -0.39 is 0 Å². The van der Waals surface area contributed by atoms with Crippen molar-refractivity contribution in [3.63, 3.8) is 0 Å². The average Bonchev–Trinajstić information content (AvgIpc) is 3.49. The van der Waals surface area contributed by atoms with E-state index in [1.807, 2.05) is 0 Å². The molecule has 1 aliphatic carbocycles. The van der Waals surface area contributed by atoms with Crippen LogP contribution in [0.5, 0.6) is 0 Å². The van der Waals surface area contributed by atoms with Gasteiger partial charge in [0.2, 0.25) is 0 Å². The molecule has 0 fully saturated rings. The Morgan fingerprint density at radius 2 is 0.909 bits per heavy atom. The van der Waals surface area contributed by atoms with Crippen molar-refractivity contribution in [1.82, 2.24) is 0 Å². The highest BCUT2D eigenvalue weighted by molar-refractivity contribution is 6.28. The molecule has 0 aromatic heterocycles. The smallest absolute Gasteiger partial charge is 0.0165 e. The van der Waals surface area contributed by atoms with Gasteiger partial charge in [-0.3, -0.25) is 0 Å². The second kappa shape index (κ2) is 12.1. The molecule has 0 atom stereocenters. The largest absolute Gasteiger partial charge is 0.0622 e. The fraction of sp³-hybridized carbons (Fsp3) is 0.0545. The molecule has 0 heterocycles. The fourth-order valence-corrected chi connectivity index (χ4v) is 9.76. The molecule has 0 nitrogen and oxygen atoms in total. The minimum absolute atomic E-state index is 0.0588. The highest BCUT2D eigenvalue weighted by atomic mass is 14.4. The normalized spacial score (nSPS) is 13.1. The van der Waals surface area contributed by atoms with E-state index in [2.05, 4.69) is 208 Å². The first-order valence-corrected chi connectivity index (χ1v) is 19.4. The topological polar surface area (TPSA) is 0 Å². The second-order valence-electron chi connectivity index (χ2n) is 15.6. The van der Waals surface area contributed by atoms with Gasteiger partial charge in [-0.05, 0) is 122 Å². The Kier molecular flexibility index (Phi) is 7.00. The number of fused-ring (bicyclic) bond motifs is 9. The molecule has 258 valence electrons. The van der Waals surface area contributed by atoms with E-state index in [4.69, 9.17) is 0 Å². The third-order valence-electron chi connectivity index (χ3n) is 12.2. The molecule has 0 heteroatoms. The highest BCUT2D eigenvalue weighted by Crippen LogP contribution is 2.52. The van der Waals surface area contributed by atoms with Crippen LogP contribution in [0.25, 0.3) is 98.7 Å². The van der Waals surface area contributed by atoms with Crippen LogP contribution in [0.4, 0.5) is 0 Å². The van der Waals surface area contributed by atoms with Crippen LogP contribution in [0.1, 0.15) is 25.0 Å². The Morgan fingerprint density at radius 3 is 1.71 bits per heavy atom. The zero-order valence-electron chi connectivity index (χ0n) is 31.0. The van der Waals surface area contributed by atoms with Crippen LogP contribution in [-0.4, -0.2) is 0 Å². The lowest BCUT2D eigenvalue weighted by atomic mass is 9.80. The van der Waals surface area contributed by atoms with Gasteiger partial charge in [-0.2, -0.15) is 0 Å². The van der Waals surface area contributed by atoms with Gasteiger partial charge in [0.25, 0.3) is 0 Å². The van der Waals surface area contributed by atoms with Crippen molar-refractivity contribution in [2.75, 3.05) is 0 Å². The molecule has 0 radical (unpaired) electrons. The van der Waals surface area contributed by atoms with E-state index in [1.165, 1.54) is 110 Å². The monoisotopic (exact) mass is 698 g/mol. The van der Waals surface area contributed by atoms with Gasteiger partial charge in [-0.1, -0.05) is 196 Å². The lowest BCUT2D eigenvalue weighted by molar-refractivity contribution is 0.666. The number of hydrogen-bond donors (Lipinski definition) is 0. The molecule has 0 bridgehead atoms. The summed E-state index contributed by atoms with van der Waals surface area (Å²) < 4.78 is 0. The van der Waals surface area contributed by atoms with Crippen LogP contribution in [0.15, 0.2) is 194 Å². The predicted octanol–water partition coefficient (Wildman–Crippen LogP) is 15.3. The number of benzene rings is 10. The Bertz CT molecular complexity index is 3150. The lowest BCUT2D eigenvalue weighted by Gasteiger charge is -2.23. The van der Waals surface area contributed by atoms with Crippen LogP contribution in [0.2, 0.25) is 0 Å². The zero-order chi connectivity index (χ0) is 36.7. The molecule has 0 saturated carbocycles. The second-order valence-corrected chi connectivity index (χ2v) is 15.6. The van der Waals surface area contributed by atoms with Crippen LogP contribution < -0.4 is 0 Å². The Morgan fingerprint density at radius 1 is 0.309 bits per heavy atom. The van der Waals surface area contributed by atoms with E-state index in [0.29, 0.717) is 0 Å². The first-order valence-electron chi connectivity index (χ1n) is 19.4. The van der Waals surface area contributed by atoms with Crippen molar-refractivity contribution < 1.29 is 0 Å². The molecule has 0 amide bonds. The Labute approximate surface area is 322 Å². The summed E-state index contributed by atoms with van der Waals surface area (Å²) in [6, 6.07) is 72.1. The minimum atomic E-state index is -0.0588. The standard InChI is InChI=1S/C55H38/c1-55(2)50-24-14-13-21-44(50)47-31-27-39-33-38(26-30-43(39)54(47)55)41-29-28-40(34-49(41)35-15-5-3-6-16-35)51-45-22-11-12-23-46(45)52(37-18-7-4-8-19-37)53-42-20-10-9-17-36(42)25-32-48(51)53/h3-34H,1-2H3. The van der Waals surface area contributed by atoms with Gasteiger partial charge in [0.1, 0.15) is 0 Å². The Balaban J connectivity index is 1.16.